The largest absolute Gasteiger partial charge is 0.450 e. The van der Waals surface area contributed by atoms with Gasteiger partial charge in [0, 0.05) is 6.07 Å². The van der Waals surface area contributed by atoms with Crippen LogP contribution in [0.25, 0.3) is 6.08 Å². The summed E-state index contributed by atoms with van der Waals surface area (Å²) in [5.41, 5.74) is 0.185. The minimum Gasteiger partial charge on any atom is -0.450 e. The van der Waals surface area contributed by atoms with E-state index in [4.69, 9.17) is 17.0 Å². The van der Waals surface area contributed by atoms with E-state index in [0.29, 0.717) is 14.8 Å². The highest BCUT2D eigenvalue weighted by Gasteiger charge is 2.23. The van der Waals surface area contributed by atoms with Crippen LogP contribution in [0, 0.1) is 15.9 Å². The van der Waals surface area contributed by atoms with Gasteiger partial charge in [0.15, 0.2) is 0 Å². The number of benzene rings is 2. The van der Waals surface area contributed by atoms with Crippen molar-refractivity contribution in [3.63, 3.8) is 0 Å². The van der Waals surface area contributed by atoms with E-state index in [1.54, 1.807) is 6.07 Å². The molecular weight excluding hydrogens is 367 g/mol. The number of thiocarbonyl (C=S) groups is 1. The van der Waals surface area contributed by atoms with Crippen LogP contribution in [0.3, 0.4) is 0 Å². The van der Waals surface area contributed by atoms with Gasteiger partial charge in [0.2, 0.25) is 5.75 Å². The quantitative estimate of drug-likeness (QED) is 0.376. The molecule has 9 heteroatoms. The van der Waals surface area contributed by atoms with Gasteiger partial charge in [-0.15, -0.1) is 0 Å². The van der Waals surface area contributed by atoms with E-state index in [9.17, 15) is 19.3 Å². The van der Waals surface area contributed by atoms with E-state index in [1.165, 1.54) is 42.5 Å². The zero-order chi connectivity index (χ0) is 18.0. The van der Waals surface area contributed by atoms with Crippen molar-refractivity contribution >= 4 is 46.0 Å². The molecular formula is C16H9FN2O4S2. The van der Waals surface area contributed by atoms with Gasteiger partial charge >= 0.3 is 5.69 Å². The molecule has 6 nitrogen and oxygen atoms in total. The van der Waals surface area contributed by atoms with Crippen LogP contribution in [0.2, 0.25) is 0 Å². The minimum absolute atomic E-state index is 0.0119. The summed E-state index contributed by atoms with van der Waals surface area (Å²) in [7, 11) is 0. The Labute approximate surface area is 150 Å². The fraction of sp³-hybridized carbons (Fsp3) is 0. The van der Waals surface area contributed by atoms with E-state index in [2.05, 4.69) is 5.32 Å². The molecule has 1 aliphatic rings. The van der Waals surface area contributed by atoms with Gasteiger partial charge in [0.1, 0.15) is 15.9 Å². The normalized spacial score (nSPS) is 15.3. The molecule has 2 aromatic carbocycles. The zero-order valence-electron chi connectivity index (χ0n) is 12.4. The summed E-state index contributed by atoms with van der Waals surface area (Å²) < 4.78 is 18.7. The topological polar surface area (TPSA) is 81.5 Å². The van der Waals surface area contributed by atoms with Gasteiger partial charge in [0.25, 0.3) is 5.91 Å². The molecule has 0 spiro atoms. The van der Waals surface area contributed by atoms with Crippen molar-refractivity contribution in [2.45, 2.75) is 0 Å². The minimum atomic E-state index is -0.590. The number of ether oxygens (including phenoxy) is 1. The van der Waals surface area contributed by atoms with Crippen molar-refractivity contribution < 1.29 is 18.8 Å². The number of amides is 1. The van der Waals surface area contributed by atoms with Gasteiger partial charge in [-0.05, 0) is 42.0 Å². The Bertz CT molecular complexity index is 913. The van der Waals surface area contributed by atoms with Crippen LogP contribution in [-0.4, -0.2) is 15.2 Å². The average Bonchev–Trinajstić information content (AvgIpc) is 2.88. The van der Waals surface area contributed by atoms with Crippen molar-refractivity contribution in [1.29, 1.82) is 0 Å². The second-order valence-corrected chi connectivity index (χ2v) is 6.61. The molecule has 2 aromatic rings. The maximum absolute atomic E-state index is 12.9. The first-order valence-corrected chi connectivity index (χ1v) is 8.11. The van der Waals surface area contributed by atoms with Crippen molar-refractivity contribution in [3.8, 4) is 11.5 Å². The first-order valence-electron chi connectivity index (χ1n) is 6.89. The Morgan fingerprint density at radius 2 is 1.96 bits per heavy atom. The zero-order valence-corrected chi connectivity index (χ0v) is 14.0. The SMILES string of the molecule is O=C1NC(=S)SC1=Cc1ccc(Oc2ccc(F)cc2)c([N+](=O)[O-])c1. The number of nitro groups is 1. The lowest BCUT2D eigenvalue weighted by molar-refractivity contribution is -0.385. The smallest absolute Gasteiger partial charge is 0.312 e. The van der Waals surface area contributed by atoms with Crippen LogP contribution in [0.4, 0.5) is 10.1 Å². The van der Waals surface area contributed by atoms with Gasteiger partial charge < -0.3 is 10.1 Å². The molecule has 0 aliphatic carbocycles. The summed E-state index contributed by atoms with van der Waals surface area (Å²) in [4.78, 5) is 22.7. The summed E-state index contributed by atoms with van der Waals surface area (Å²) in [5.74, 6) is -0.497. The van der Waals surface area contributed by atoms with Crippen molar-refractivity contribution in [2.75, 3.05) is 0 Å². The summed E-state index contributed by atoms with van der Waals surface area (Å²) in [6.45, 7) is 0. The van der Waals surface area contributed by atoms with Crippen LogP contribution in [0.1, 0.15) is 5.56 Å². The van der Waals surface area contributed by atoms with E-state index in [-0.39, 0.29) is 23.1 Å². The number of rotatable bonds is 4. The molecule has 1 N–H and O–H groups in total. The number of carbonyl (C=O) groups excluding carboxylic acids is 1. The summed E-state index contributed by atoms with van der Waals surface area (Å²) in [6.07, 6.45) is 1.51. The number of hydrogen-bond acceptors (Lipinski definition) is 6. The van der Waals surface area contributed by atoms with Crippen LogP contribution < -0.4 is 10.1 Å². The van der Waals surface area contributed by atoms with Gasteiger partial charge in [-0.2, -0.15) is 0 Å². The molecule has 1 amide bonds. The molecule has 1 fully saturated rings. The van der Waals surface area contributed by atoms with E-state index in [1.807, 2.05) is 0 Å². The lowest BCUT2D eigenvalue weighted by Gasteiger charge is -2.07. The van der Waals surface area contributed by atoms with E-state index >= 15 is 0 Å². The molecule has 0 radical (unpaired) electrons. The monoisotopic (exact) mass is 376 g/mol. The highest BCUT2D eigenvalue weighted by Crippen LogP contribution is 2.34. The Hall–Kier alpha value is -2.78. The van der Waals surface area contributed by atoms with Crippen molar-refractivity contribution in [2.24, 2.45) is 0 Å². The molecule has 126 valence electrons. The molecule has 1 heterocycles. The van der Waals surface area contributed by atoms with Gasteiger partial charge in [-0.3, -0.25) is 14.9 Å². The van der Waals surface area contributed by atoms with Gasteiger partial charge in [0.05, 0.1) is 9.83 Å². The third-order valence-electron chi connectivity index (χ3n) is 3.16. The van der Waals surface area contributed by atoms with Crippen molar-refractivity contribution in [1.82, 2.24) is 5.32 Å². The molecule has 1 aliphatic heterocycles. The van der Waals surface area contributed by atoms with Crippen molar-refractivity contribution in [3.05, 3.63) is 68.9 Å². The number of nitro benzene ring substituents is 1. The predicted octanol–water partition coefficient (Wildman–Crippen LogP) is 4.02. The maximum Gasteiger partial charge on any atom is 0.312 e. The molecule has 0 saturated carbocycles. The van der Waals surface area contributed by atoms with Crippen LogP contribution >= 0.6 is 24.0 Å². The standard InChI is InChI=1S/C16H9FN2O4S2/c17-10-2-4-11(5-3-10)23-13-6-1-9(7-12(13)19(21)22)8-14-15(20)18-16(24)25-14/h1-8H,(H,18,20,24). The van der Waals surface area contributed by atoms with E-state index in [0.717, 1.165) is 11.8 Å². The molecule has 0 atom stereocenters. The molecule has 3 rings (SSSR count). The van der Waals surface area contributed by atoms with E-state index < -0.39 is 10.7 Å². The second kappa shape index (κ2) is 6.99. The first kappa shape index (κ1) is 17.1. The Balaban J connectivity index is 1.92. The summed E-state index contributed by atoms with van der Waals surface area (Å²) in [6, 6.07) is 9.42. The van der Waals surface area contributed by atoms with Crippen LogP contribution in [0.15, 0.2) is 47.4 Å². The molecule has 0 unspecified atom stereocenters. The molecule has 25 heavy (non-hydrogen) atoms. The third kappa shape index (κ3) is 4.01. The van der Waals surface area contributed by atoms with Crippen LogP contribution in [-0.2, 0) is 4.79 Å². The van der Waals surface area contributed by atoms with Gasteiger partial charge in [-0.25, -0.2) is 4.39 Å². The van der Waals surface area contributed by atoms with Gasteiger partial charge in [-0.1, -0.05) is 30.0 Å². The number of nitrogens with one attached hydrogen (secondary N) is 1. The highest BCUT2D eigenvalue weighted by atomic mass is 32.2. The summed E-state index contributed by atoms with van der Waals surface area (Å²) >= 11 is 5.98. The molecule has 0 bridgehead atoms. The Morgan fingerprint density at radius 3 is 2.56 bits per heavy atom. The Morgan fingerprint density at radius 1 is 1.24 bits per heavy atom. The molecule has 0 aromatic heterocycles. The number of carbonyl (C=O) groups is 1. The Kier molecular flexibility index (Phi) is 4.77. The average molecular weight is 376 g/mol. The number of nitrogens with zero attached hydrogens (tertiary/aromatic N) is 1. The fourth-order valence-corrected chi connectivity index (χ4v) is 3.10. The second-order valence-electron chi connectivity index (χ2n) is 4.89. The highest BCUT2D eigenvalue weighted by molar-refractivity contribution is 8.26. The number of hydrogen-bond donors (Lipinski definition) is 1. The predicted molar refractivity (Wildman–Crippen MR) is 95.9 cm³/mol. The fourth-order valence-electron chi connectivity index (χ4n) is 2.06. The summed E-state index contributed by atoms with van der Waals surface area (Å²) in [5, 5.41) is 13.8. The lowest BCUT2D eigenvalue weighted by Crippen LogP contribution is -2.17. The number of thioether (sulfide) groups is 1. The maximum atomic E-state index is 12.9. The molecule has 1 saturated heterocycles. The number of halogens is 1. The lowest BCUT2D eigenvalue weighted by atomic mass is 10.1. The first-order chi connectivity index (χ1) is 11.9. The third-order valence-corrected chi connectivity index (χ3v) is 4.32. The van der Waals surface area contributed by atoms with Crippen LogP contribution in [0.5, 0.6) is 11.5 Å².